The molecule has 0 radical (unpaired) electrons. The van der Waals surface area contributed by atoms with Gasteiger partial charge in [0.2, 0.25) is 0 Å². The topological polar surface area (TPSA) is 77.8 Å². The molecule has 4 nitrogen and oxygen atoms in total. The van der Waals surface area contributed by atoms with E-state index in [1.807, 2.05) is 6.92 Å². The minimum Gasteiger partial charge on any atom is -0.507 e. The Hall–Kier alpha value is -0.667. The number of aromatic hydroxyl groups is 1. The largest absolute Gasteiger partial charge is 0.507 e. The number of hydrogen-bond acceptors (Lipinski definition) is 3. The van der Waals surface area contributed by atoms with Crippen molar-refractivity contribution in [1.29, 1.82) is 0 Å². The first-order valence-corrected chi connectivity index (χ1v) is 4.25. The Bertz CT molecular complexity index is 287. The maximum Gasteiger partial charge on any atom is 0.339 e. The second-order valence-electron chi connectivity index (χ2n) is 2.55. The zero-order valence-corrected chi connectivity index (χ0v) is 10.9. The first-order valence-electron chi connectivity index (χ1n) is 4.25. The van der Waals surface area contributed by atoms with Crippen LogP contribution in [0.2, 0.25) is 0 Å². The average molecular weight is 289 g/mol. The minimum absolute atomic E-state index is 0. The molecule has 1 aromatic rings. The number of carbonyl (C=O) groups is 1. The summed E-state index contributed by atoms with van der Waals surface area (Å²) < 4.78 is 0. The van der Waals surface area contributed by atoms with E-state index in [9.17, 15) is 4.79 Å². The van der Waals surface area contributed by atoms with Gasteiger partial charge in [-0.05, 0) is 18.6 Å². The molecule has 5 heteroatoms. The molecule has 0 fully saturated rings. The average Bonchev–Trinajstić information content (AvgIpc) is 2.18. The monoisotopic (exact) mass is 288 g/mol. The van der Waals surface area contributed by atoms with E-state index >= 15 is 0 Å². The number of aliphatic hydroxyl groups is 1. The van der Waals surface area contributed by atoms with E-state index < -0.39 is 5.97 Å². The van der Waals surface area contributed by atoms with E-state index in [0.717, 1.165) is 6.42 Å². The maximum absolute atomic E-state index is 10.3. The molecule has 0 saturated carbocycles. The van der Waals surface area contributed by atoms with Crippen molar-refractivity contribution in [1.82, 2.24) is 0 Å². The summed E-state index contributed by atoms with van der Waals surface area (Å²) in [6.07, 6.45) is 0.875. The number of aliphatic hydroxyl groups excluding tert-OH is 1. The van der Waals surface area contributed by atoms with Crippen molar-refractivity contribution in [3.63, 3.8) is 0 Å². The molecule has 0 bridgehead atoms. The Morgan fingerprint density at radius 2 is 1.80 bits per heavy atom. The smallest absolute Gasteiger partial charge is 0.339 e. The van der Waals surface area contributed by atoms with Crippen molar-refractivity contribution in [3.8, 4) is 5.75 Å². The molecule has 0 aliphatic carbocycles. The zero-order valence-electron chi connectivity index (χ0n) is 8.47. The van der Waals surface area contributed by atoms with Gasteiger partial charge in [0.25, 0.3) is 0 Å². The van der Waals surface area contributed by atoms with Crippen LogP contribution in [0.25, 0.3) is 0 Å². The van der Waals surface area contributed by atoms with Crippen LogP contribution in [-0.4, -0.2) is 27.9 Å². The summed E-state index contributed by atoms with van der Waals surface area (Å²) in [7, 11) is 0. The van der Waals surface area contributed by atoms with Gasteiger partial charge in [-0.1, -0.05) is 19.1 Å². The number of carboxylic acid groups (broad SMARTS) is 1. The van der Waals surface area contributed by atoms with E-state index in [1.165, 1.54) is 12.1 Å². The van der Waals surface area contributed by atoms with Crippen LogP contribution in [0.5, 0.6) is 5.75 Å². The normalized spacial score (nSPS) is 8.13. The Balaban J connectivity index is 0. The number of benzene rings is 1. The number of rotatable bonds is 2. The van der Waals surface area contributed by atoms with Crippen molar-refractivity contribution in [3.05, 3.63) is 29.8 Å². The third-order valence-corrected chi connectivity index (χ3v) is 1.36. The van der Waals surface area contributed by atoms with Crippen LogP contribution in [0.15, 0.2) is 24.3 Å². The van der Waals surface area contributed by atoms with Crippen molar-refractivity contribution < 1.29 is 46.3 Å². The first kappa shape index (κ1) is 16.8. The summed E-state index contributed by atoms with van der Waals surface area (Å²) in [5.41, 5.74) is -0.0671. The van der Waals surface area contributed by atoms with E-state index in [-0.39, 0.29) is 37.5 Å². The van der Waals surface area contributed by atoms with Gasteiger partial charge in [0.15, 0.2) is 0 Å². The summed E-state index contributed by atoms with van der Waals surface area (Å²) in [5, 5.41) is 25.2. The molecular formula is C10H14O4Zr. The number of hydrogen-bond donors (Lipinski definition) is 3. The molecule has 0 unspecified atom stereocenters. The predicted molar refractivity (Wildman–Crippen MR) is 52.4 cm³/mol. The van der Waals surface area contributed by atoms with Crippen molar-refractivity contribution in [2.75, 3.05) is 6.61 Å². The molecule has 82 valence electrons. The third kappa shape index (κ3) is 7.28. The Labute approximate surface area is 108 Å². The number of carboxylic acids is 1. The van der Waals surface area contributed by atoms with Crippen LogP contribution in [0.1, 0.15) is 23.7 Å². The number of phenols is 1. The minimum atomic E-state index is -1.11. The summed E-state index contributed by atoms with van der Waals surface area (Å²) in [6.45, 7) is 2.25. The van der Waals surface area contributed by atoms with Crippen LogP contribution < -0.4 is 0 Å². The zero-order chi connectivity index (χ0) is 11.0. The fourth-order valence-corrected chi connectivity index (χ4v) is 0.654. The van der Waals surface area contributed by atoms with Crippen LogP contribution in [0.3, 0.4) is 0 Å². The molecule has 0 atom stereocenters. The summed E-state index contributed by atoms with van der Waals surface area (Å²) in [6, 6.07) is 5.81. The molecule has 0 heterocycles. The number of aromatic carboxylic acids is 1. The maximum atomic E-state index is 10.3. The van der Waals surface area contributed by atoms with Crippen LogP contribution >= 0.6 is 0 Å². The molecule has 0 aliphatic rings. The first-order chi connectivity index (χ1) is 6.63. The summed E-state index contributed by atoms with van der Waals surface area (Å²) in [5.74, 6) is -1.31. The summed E-state index contributed by atoms with van der Waals surface area (Å²) in [4.78, 5) is 10.3. The van der Waals surface area contributed by atoms with E-state index in [1.54, 1.807) is 12.1 Å². The fourth-order valence-electron chi connectivity index (χ4n) is 0.654. The van der Waals surface area contributed by atoms with E-state index in [0.29, 0.717) is 6.61 Å². The van der Waals surface area contributed by atoms with Crippen molar-refractivity contribution in [2.24, 2.45) is 0 Å². The standard InChI is InChI=1S/C7H6O3.C3H8O.Zr/c8-6-4-2-1-3-5(6)7(9)10;1-2-3-4;/h1-4,8H,(H,9,10);4H,2-3H2,1H3;. The molecule has 0 spiro atoms. The fraction of sp³-hybridized carbons (Fsp3) is 0.300. The van der Waals surface area contributed by atoms with E-state index in [2.05, 4.69) is 0 Å². The quantitative estimate of drug-likeness (QED) is 0.770. The Morgan fingerprint density at radius 3 is 2.07 bits per heavy atom. The molecule has 0 amide bonds. The second-order valence-corrected chi connectivity index (χ2v) is 2.55. The van der Waals surface area contributed by atoms with E-state index in [4.69, 9.17) is 15.3 Å². The van der Waals surface area contributed by atoms with Crippen LogP contribution in [0.4, 0.5) is 0 Å². The Morgan fingerprint density at radius 1 is 1.33 bits per heavy atom. The van der Waals surface area contributed by atoms with Crippen LogP contribution in [-0.2, 0) is 26.2 Å². The molecular weight excluding hydrogens is 275 g/mol. The predicted octanol–water partition coefficient (Wildman–Crippen LogP) is 1.48. The number of para-hydroxylation sites is 1. The van der Waals surface area contributed by atoms with Crippen molar-refractivity contribution >= 4 is 5.97 Å². The molecule has 0 saturated heterocycles. The molecule has 3 N–H and O–H groups in total. The van der Waals surface area contributed by atoms with Crippen molar-refractivity contribution in [2.45, 2.75) is 13.3 Å². The van der Waals surface area contributed by atoms with Gasteiger partial charge in [0, 0.05) is 32.8 Å². The van der Waals surface area contributed by atoms with Gasteiger partial charge in [-0.2, -0.15) is 0 Å². The molecule has 1 rings (SSSR count). The van der Waals surface area contributed by atoms with Gasteiger partial charge in [-0.15, -0.1) is 0 Å². The van der Waals surface area contributed by atoms with Gasteiger partial charge in [0.1, 0.15) is 11.3 Å². The van der Waals surface area contributed by atoms with Gasteiger partial charge < -0.3 is 15.3 Å². The summed E-state index contributed by atoms with van der Waals surface area (Å²) >= 11 is 0. The van der Waals surface area contributed by atoms with Crippen LogP contribution in [0, 0.1) is 0 Å². The Kier molecular flexibility index (Phi) is 11.0. The SMILES string of the molecule is CCCO.O=C(O)c1ccccc1O.[Zr]. The van der Waals surface area contributed by atoms with Gasteiger partial charge in [-0.3, -0.25) is 0 Å². The molecule has 0 aliphatic heterocycles. The molecule has 1 aromatic carbocycles. The van der Waals surface area contributed by atoms with Gasteiger partial charge in [-0.25, -0.2) is 4.79 Å². The molecule has 15 heavy (non-hydrogen) atoms. The third-order valence-electron chi connectivity index (χ3n) is 1.36. The van der Waals surface area contributed by atoms with Gasteiger partial charge >= 0.3 is 5.97 Å². The van der Waals surface area contributed by atoms with Gasteiger partial charge in [0.05, 0.1) is 0 Å². The molecule has 0 aromatic heterocycles. The second kappa shape index (κ2) is 9.87.